The van der Waals surface area contributed by atoms with E-state index >= 15 is 0 Å². The van der Waals surface area contributed by atoms with Gasteiger partial charge in [-0.2, -0.15) is 0 Å². The van der Waals surface area contributed by atoms with Crippen LogP contribution in [0.4, 0.5) is 4.79 Å². The van der Waals surface area contributed by atoms with Crippen molar-refractivity contribution in [3.8, 4) is 0 Å². The fraction of sp³-hybridized carbons (Fsp3) is 0.652. The summed E-state index contributed by atoms with van der Waals surface area (Å²) in [4.78, 5) is 25.2. The summed E-state index contributed by atoms with van der Waals surface area (Å²) in [7, 11) is 0. The number of carbonyl (C=O) groups excluding carboxylic acids is 1. The number of benzene rings is 1. The third-order valence-electron chi connectivity index (χ3n) is 6.13. The van der Waals surface area contributed by atoms with E-state index in [1.165, 1.54) is 0 Å². The van der Waals surface area contributed by atoms with Gasteiger partial charge >= 0.3 is 12.0 Å². The molecule has 1 aromatic carbocycles. The molecule has 0 bridgehead atoms. The molecule has 0 saturated carbocycles. The molecule has 0 spiro atoms. The molecule has 2 heterocycles. The fourth-order valence-electron chi connectivity index (χ4n) is 5.31. The highest BCUT2D eigenvalue weighted by Gasteiger charge is 2.38. The summed E-state index contributed by atoms with van der Waals surface area (Å²) in [5.41, 5.74) is 2.35. The van der Waals surface area contributed by atoms with Crippen molar-refractivity contribution >= 4 is 12.0 Å². The van der Waals surface area contributed by atoms with Gasteiger partial charge in [-0.1, -0.05) is 24.3 Å². The van der Waals surface area contributed by atoms with Crippen molar-refractivity contribution in [1.29, 1.82) is 0 Å². The van der Waals surface area contributed by atoms with Gasteiger partial charge in [0.1, 0.15) is 0 Å². The molecule has 29 heavy (non-hydrogen) atoms. The van der Waals surface area contributed by atoms with Crippen LogP contribution in [0, 0.1) is 5.92 Å². The van der Waals surface area contributed by atoms with Crippen molar-refractivity contribution in [3.05, 3.63) is 35.4 Å². The lowest BCUT2D eigenvalue weighted by Crippen LogP contribution is -2.58. The number of nitrogens with zero attached hydrogens (tertiary/aromatic N) is 1. The fourth-order valence-corrected chi connectivity index (χ4v) is 5.31. The first kappa shape index (κ1) is 21.6. The zero-order chi connectivity index (χ0) is 21.2. The molecule has 1 atom stereocenters. The first-order chi connectivity index (χ1) is 13.5. The number of hydrogen-bond acceptors (Lipinski definition) is 3. The van der Waals surface area contributed by atoms with Gasteiger partial charge in [-0.15, -0.1) is 0 Å². The lowest BCUT2D eigenvalue weighted by molar-refractivity contribution is -0.136. The first-order valence-corrected chi connectivity index (χ1v) is 10.7. The Bertz CT molecular complexity index is 726. The van der Waals surface area contributed by atoms with E-state index in [0.717, 1.165) is 36.9 Å². The molecular weight excluding hydrogens is 366 g/mol. The highest BCUT2D eigenvalue weighted by atomic mass is 16.4. The van der Waals surface area contributed by atoms with Gasteiger partial charge in [-0.05, 0) is 70.4 Å². The summed E-state index contributed by atoms with van der Waals surface area (Å²) in [5, 5.41) is 15.6. The number of amides is 2. The number of piperidine rings is 1. The van der Waals surface area contributed by atoms with Gasteiger partial charge in [-0.25, -0.2) is 4.79 Å². The van der Waals surface area contributed by atoms with Crippen LogP contribution in [0.3, 0.4) is 0 Å². The van der Waals surface area contributed by atoms with Crippen LogP contribution in [0.5, 0.6) is 0 Å². The number of aryl methyl sites for hydroxylation is 1. The Kier molecular flexibility index (Phi) is 6.22. The summed E-state index contributed by atoms with van der Waals surface area (Å²) in [5.74, 6) is -0.191. The zero-order valence-corrected chi connectivity index (χ0v) is 18.1. The predicted octanol–water partition coefficient (Wildman–Crippen LogP) is 3.72. The van der Waals surface area contributed by atoms with Crippen LogP contribution in [-0.4, -0.2) is 46.2 Å². The van der Waals surface area contributed by atoms with Crippen LogP contribution in [0.15, 0.2) is 24.3 Å². The summed E-state index contributed by atoms with van der Waals surface area (Å²) >= 11 is 0. The molecule has 3 N–H and O–H groups in total. The Morgan fingerprint density at radius 3 is 2.34 bits per heavy atom. The molecule has 6 nitrogen and oxygen atoms in total. The Morgan fingerprint density at radius 1 is 1.14 bits per heavy atom. The number of carboxylic acids is 1. The van der Waals surface area contributed by atoms with Crippen molar-refractivity contribution in [1.82, 2.24) is 15.5 Å². The smallest absolute Gasteiger partial charge is 0.318 e. The average molecular weight is 402 g/mol. The molecule has 1 aromatic rings. The molecule has 2 aliphatic rings. The Hall–Kier alpha value is -2.08. The number of urea groups is 1. The van der Waals surface area contributed by atoms with E-state index in [9.17, 15) is 9.59 Å². The molecular formula is C23H35N3O3. The van der Waals surface area contributed by atoms with E-state index in [1.807, 2.05) is 29.2 Å². The van der Waals surface area contributed by atoms with E-state index in [1.54, 1.807) is 0 Å². The van der Waals surface area contributed by atoms with Gasteiger partial charge < -0.3 is 20.6 Å². The van der Waals surface area contributed by atoms with Crippen molar-refractivity contribution in [2.24, 2.45) is 5.92 Å². The quantitative estimate of drug-likeness (QED) is 0.650. The first-order valence-electron chi connectivity index (χ1n) is 10.7. The monoisotopic (exact) mass is 401 g/mol. The third kappa shape index (κ3) is 5.72. The van der Waals surface area contributed by atoms with Crippen LogP contribution in [0.25, 0.3) is 0 Å². The van der Waals surface area contributed by atoms with Crippen molar-refractivity contribution in [2.75, 3.05) is 13.1 Å². The number of rotatable bonds is 7. The minimum absolute atomic E-state index is 0.0115. The number of aliphatic carboxylic acids is 1. The van der Waals surface area contributed by atoms with E-state index in [-0.39, 0.29) is 29.6 Å². The van der Waals surface area contributed by atoms with Crippen LogP contribution in [-0.2, 0) is 11.2 Å². The molecule has 6 heteroatoms. The lowest BCUT2D eigenvalue weighted by Gasteiger charge is -2.47. The molecule has 0 aromatic heterocycles. The normalized spacial score (nSPS) is 23.8. The number of carbonyl (C=O) groups is 2. The molecule has 2 amide bonds. The SMILES string of the molecule is CC1(C)CC(CCN2C(=O)NCC2c2ccc(CCC(=O)O)cc2)CC(C)(C)N1. The summed E-state index contributed by atoms with van der Waals surface area (Å²) in [6, 6.07) is 8.09. The van der Waals surface area contributed by atoms with Crippen LogP contribution in [0.1, 0.15) is 70.5 Å². The van der Waals surface area contributed by atoms with Gasteiger partial charge in [0.05, 0.1) is 6.04 Å². The maximum atomic E-state index is 12.5. The van der Waals surface area contributed by atoms with E-state index in [2.05, 4.69) is 38.3 Å². The molecule has 2 fully saturated rings. The van der Waals surface area contributed by atoms with Crippen LogP contribution < -0.4 is 10.6 Å². The number of carboxylic acid groups (broad SMARTS) is 1. The Labute approximate surface area is 174 Å². The second-order valence-corrected chi connectivity index (χ2v) is 9.99. The minimum atomic E-state index is -0.782. The number of nitrogens with one attached hydrogen (secondary N) is 2. The average Bonchev–Trinajstić information content (AvgIpc) is 2.96. The van der Waals surface area contributed by atoms with Gasteiger partial charge in [0.2, 0.25) is 0 Å². The van der Waals surface area contributed by atoms with E-state index in [4.69, 9.17) is 5.11 Å². The second kappa shape index (κ2) is 8.34. The largest absolute Gasteiger partial charge is 0.481 e. The summed E-state index contributed by atoms with van der Waals surface area (Å²) < 4.78 is 0. The third-order valence-corrected chi connectivity index (χ3v) is 6.13. The molecule has 0 radical (unpaired) electrons. The predicted molar refractivity (Wildman–Crippen MR) is 114 cm³/mol. The standard InChI is InChI=1S/C23H35N3O3/c1-22(2)13-17(14-23(3,4)25-22)11-12-26-19(15-24-21(26)29)18-8-5-16(6-9-18)7-10-20(27)28/h5-6,8-9,17,19,25H,7,10-15H2,1-4H3,(H,24,29)(H,27,28). The maximum absolute atomic E-state index is 12.5. The zero-order valence-electron chi connectivity index (χ0n) is 18.1. The second-order valence-electron chi connectivity index (χ2n) is 9.99. The Morgan fingerprint density at radius 2 is 1.76 bits per heavy atom. The molecule has 0 aliphatic carbocycles. The minimum Gasteiger partial charge on any atom is -0.481 e. The van der Waals surface area contributed by atoms with Gasteiger partial charge in [0, 0.05) is 30.6 Å². The van der Waals surface area contributed by atoms with E-state index in [0.29, 0.717) is 18.9 Å². The molecule has 1 unspecified atom stereocenters. The van der Waals surface area contributed by atoms with Gasteiger partial charge in [-0.3, -0.25) is 4.79 Å². The van der Waals surface area contributed by atoms with Crippen LogP contribution in [0.2, 0.25) is 0 Å². The molecule has 2 aliphatic heterocycles. The number of hydrogen-bond donors (Lipinski definition) is 3. The van der Waals surface area contributed by atoms with E-state index < -0.39 is 5.97 Å². The lowest BCUT2D eigenvalue weighted by atomic mass is 9.74. The summed E-state index contributed by atoms with van der Waals surface area (Å²) in [6.07, 6.45) is 3.92. The highest BCUT2D eigenvalue weighted by molar-refractivity contribution is 5.77. The maximum Gasteiger partial charge on any atom is 0.318 e. The molecule has 3 rings (SSSR count). The topological polar surface area (TPSA) is 81.7 Å². The van der Waals surface area contributed by atoms with Crippen LogP contribution >= 0.6 is 0 Å². The molecule has 2 saturated heterocycles. The van der Waals surface area contributed by atoms with Gasteiger partial charge in [0.25, 0.3) is 0 Å². The van der Waals surface area contributed by atoms with Crippen molar-refractivity contribution in [3.63, 3.8) is 0 Å². The Balaban J connectivity index is 1.62. The molecule has 160 valence electrons. The summed E-state index contributed by atoms with van der Waals surface area (Å²) in [6.45, 7) is 10.4. The van der Waals surface area contributed by atoms with Crippen molar-refractivity contribution in [2.45, 2.75) is 76.9 Å². The van der Waals surface area contributed by atoms with Gasteiger partial charge in [0.15, 0.2) is 0 Å². The van der Waals surface area contributed by atoms with Crippen molar-refractivity contribution < 1.29 is 14.7 Å². The highest BCUT2D eigenvalue weighted by Crippen LogP contribution is 2.35.